The number of carbonyl (C=O) groups excluding carboxylic acids is 1. The van der Waals surface area contributed by atoms with Crippen LogP contribution in [0, 0.1) is 6.92 Å². The van der Waals surface area contributed by atoms with Gasteiger partial charge in [0.2, 0.25) is 5.75 Å². The highest BCUT2D eigenvalue weighted by atomic mass is 16.5. The van der Waals surface area contributed by atoms with Gasteiger partial charge in [-0.05, 0) is 42.7 Å². The Morgan fingerprint density at radius 3 is 2.20 bits per heavy atom. The number of amides is 2. The summed E-state index contributed by atoms with van der Waals surface area (Å²) in [5.41, 5.74) is 2.79. The van der Waals surface area contributed by atoms with Crippen molar-refractivity contribution in [3.63, 3.8) is 0 Å². The topological polar surface area (TPSA) is 68.8 Å². The molecule has 0 spiro atoms. The monoisotopic (exact) mass is 344 g/mol. The molecule has 0 bridgehead atoms. The Morgan fingerprint density at radius 1 is 1.00 bits per heavy atom. The second-order valence-electron chi connectivity index (χ2n) is 5.48. The Kier molecular flexibility index (Phi) is 6.51. The molecule has 0 aliphatic carbocycles. The number of aryl methyl sites for hydroxylation is 1. The third-order valence-electron chi connectivity index (χ3n) is 3.82. The maximum atomic E-state index is 12.0. The number of nitrogens with one attached hydrogen (secondary N) is 2. The molecule has 0 aromatic heterocycles. The number of para-hydroxylation sites is 1. The third-order valence-corrected chi connectivity index (χ3v) is 3.82. The van der Waals surface area contributed by atoms with Gasteiger partial charge in [-0.15, -0.1) is 0 Å². The first-order valence-electron chi connectivity index (χ1n) is 7.98. The fourth-order valence-electron chi connectivity index (χ4n) is 2.48. The van der Waals surface area contributed by atoms with E-state index in [0.717, 1.165) is 16.8 Å². The number of hydrogen-bond donors (Lipinski definition) is 2. The number of ether oxygens (including phenoxy) is 3. The molecule has 0 unspecified atom stereocenters. The molecule has 2 aromatic carbocycles. The lowest BCUT2D eigenvalue weighted by molar-refractivity contribution is 0.252. The lowest BCUT2D eigenvalue weighted by atomic mass is 10.1. The second-order valence-corrected chi connectivity index (χ2v) is 5.48. The molecule has 0 atom stereocenters. The van der Waals surface area contributed by atoms with Crippen LogP contribution in [-0.4, -0.2) is 33.9 Å². The summed E-state index contributed by atoms with van der Waals surface area (Å²) in [6.45, 7) is 2.43. The van der Waals surface area contributed by atoms with E-state index in [1.807, 2.05) is 43.3 Å². The van der Waals surface area contributed by atoms with Crippen molar-refractivity contribution in [2.45, 2.75) is 13.3 Å². The average Bonchev–Trinajstić information content (AvgIpc) is 2.62. The van der Waals surface area contributed by atoms with Crippen molar-refractivity contribution in [3.05, 3.63) is 47.5 Å². The van der Waals surface area contributed by atoms with E-state index in [0.29, 0.717) is 30.2 Å². The number of rotatable bonds is 7. The van der Waals surface area contributed by atoms with E-state index < -0.39 is 0 Å². The number of benzene rings is 2. The highest BCUT2D eigenvalue weighted by Crippen LogP contribution is 2.38. The molecule has 134 valence electrons. The molecule has 0 aliphatic rings. The fourth-order valence-corrected chi connectivity index (χ4v) is 2.48. The van der Waals surface area contributed by atoms with Gasteiger partial charge < -0.3 is 24.8 Å². The summed E-state index contributed by atoms with van der Waals surface area (Å²) < 4.78 is 16.0. The van der Waals surface area contributed by atoms with Gasteiger partial charge in [0.15, 0.2) is 11.5 Å². The number of hydrogen-bond acceptors (Lipinski definition) is 4. The van der Waals surface area contributed by atoms with Crippen molar-refractivity contribution >= 4 is 11.7 Å². The largest absolute Gasteiger partial charge is 0.493 e. The van der Waals surface area contributed by atoms with Gasteiger partial charge in [0, 0.05) is 12.2 Å². The smallest absolute Gasteiger partial charge is 0.319 e. The molecule has 2 rings (SSSR count). The Hall–Kier alpha value is -2.89. The lowest BCUT2D eigenvalue weighted by Gasteiger charge is -2.14. The van der Waals surface area contributed by atoms with Crippen LogP contribution >= 0.6 is 0 Å². The van der Waals surface area contributed by atoms with Crippen LogP contribution in [0.4, 0.5) is 10.5 Å². The van der Waals surface area contributed by atoms with Gasteiger partial charge in [0.05, 0.1) is 21.3 Å². The molecule has 2 aromatic rings. The van der Waals surface area contributed by atoms with Crippen LogP contribution < -0.4 is 24.8 Å². The molecule has 0 fully saturated rings. The SMILES string of the molecule is COc1cc(CCNC(=O)Nc2ccccc2C)cc(OC)c1OC. The van der Waals surface area contributed by atoms with Crippen LogP contribution in [0.3, 0.4) is 0 Å². The standard InChI is InChI=1S/C19H24N2O4/c1-13-7-5-6-8-15(13)21-19(22)20-10-9-14-11-16(23-2)18(25-4)17(12-14)24-3/h5-8,11-12H,9-10H2,1-4H3,(H2,20,21,22). The van der Waals surface area contributed by atoms with E-state index in [1.54, 1.807) is 21.3 Å². The van der Waals surface area contributed by atoms with E-state index in [1.165, 1.54) is 0 Å². The predicted octanol–water partition coefficient (Wildman–Crippen LogP) is 3.39. The summed E-state index contributed by atoms with van der Waals surface area (Å²) in [4.78, 5) is 12.0. The van der Waals surface area contributed by atoms with E-state index in [9.17, 15) is 4.79 Å². The normalized spacial score (nSPS) is 10.1. The molecule has 0 heterocycles. The van der Waals surface area contributed by atoms with Gasteiger partial charge in [-0.2, -0.15) is 0 Å². The maximum absolute atomic E-state index is 12.0. The van der Waals surface area contributed by atoms with E-state index in [2.05, 4.69) is 10.6 Å². The third kappa shape index (κ3) is 4.79. The molecule has 25 heavy (non-hydrogen) atoms. The second kappa shape index (κ2) is 8.82. The van der Waals surface area contributed by atoms with Crippen molar-refractivity contribution < 1.29 is 19.0 Å². The van der Waals surface area contributed by atoms with Crippen molar-refractivity contribution in [2.75, 3.05) is 33.2 Å². The van der Waals surface area contributed by atoms with Crippen LogP contribution in [0.5, 0.6) is 17.2 Å². The molecule has 2 N–H and O–H groups in total. The number of urea groups is 1. The van der Waals surface area contributed by atoms with Gasteiger partial charge in [-0.3, -0.25) is 0 Å². The Balaban J connectivity index is 1.95. The number of methoxy groups -OCH3 is 3. The van der Waals surface area contributed by atoms with E-state index >= 15 is 0 Å². The zero-order valence-corrected chi connectivity index (χ0v) is 15.0. The molecular formula is C19H24N2O4. The molecule has 2 amide bonds. The summed E-state index contributed by atoms with van der Waals surface area (Å²) >= 11 is 0. The molecule has 6 heteroatoms. The van der Waals surface area contributed by atoms with Gasteiger partial charge in [-0.1, -0.05) is 18.2 Å². The van der Waals surface area contributed by atoms with E-state index in [-0.39, 0.29) is 6.03 Å². The molecule has 0 aliphatic heterocycles. The minimum Gasteiger partial charge on any atom is -0.493 e. The van der Waals surface area contributed by atoms with Crippen molar-refractivity contribution in [1.29, 1.82) is 0 Å². The van der Waals surface area contributed by atoms with Crippen molar-refractivity contribution in [2.24, 2.45) is 0 Å². The minimum absolute atomic E-state index is 0.234. The predicted molar refractivity (Wildman–Crippen MR) is 98.0 cm³/mol. The average molecular weight is 344 g/mol. The molecular weight excluding hydrogens is 320 g/mol. The van der Waals surface area contributed by atoms with Crippen LogP contribution in [0.2, 0.25) is 0 Å². The quantitative estimate of drug-likeness (QED) is 0.808. The van der Waals surface area contributed by atoms with Crippen LogP contribution in [0.15, 0.2) is 36.4 Å². The Labute approximate surface area is 148 Å². The summed E-state index contributed by atoms with van der Waals surface area (Å²) in [6.07, 6.45) is 0.637. The van der Waals surface area contributed by atoms with Gasteiger partial charge in [0.25, 0.3) is 0 Å². The summed E-state index contributed by atoms with van der Waals surface area (Å²) in [6, 6.07) is 11.2. The van der Waals surface area contributed by atoms with Gasteiger partial charge >= 0.3 is 6.03 Å². The lowest BCUT2D eigenvalue weighted by Crippen LogP contribution is -2.30. The highest BCUT2D eigenvalue weighted by molar-refractivity contribution is 5.89. The summed E-state index contributed by atoms with van der Waals surface area (Å²) in [5, 5.41) is 5.69. The Morgan fingerprint density at radius 2 is 1.64 bits per heavy atom. The highest BCUT2D eigenvalue weighted by Gasteiger charge is 2.13. The van der Waals surface area contributed by atoms with Crippen molar-refractivity contribution in [3.8, 4) is 17.2 Å². The molecule has 6 nitrogen and oxygen atoms in total. The zero-order valence-electron chi connectivity index (χ0n) is 15.0. The molecule has 0 saturated carbocycles. The van der Waals surface area contributed by atoms with Crippen LogP contribution in [-0.2, 0) is 6.42 Å². The first-order valence-corrected chi connectivity index (χ1v) is 7.98. The van der Waals surface area contributed by atoms with Gasteiger partial charge in [-0.25, -0.2) is 4.79 Å². The summed E-state index contributed by atoms with van der Waals surface area (Å²) in [7, 11) is 4.72. The van der Waals surface area contributed by atoms with Crippen molar-refractivity contribution in [1.82, 2.24) is 5.32 Å². The summed E-state index contributed by atoms with van der Waals surface area (Å²) in [5.74, 6) is 1.75. The van der Waals surface area contributed by atoms with Crippen LogP contribution in [0.25, 0.3) is 0 Å². The number of anilines is 1. The Bertz CT molecular complexity index is 706. The molecule has 0 radical (unpaired) electrons. The molecule has 0 saturated heterocycles. The first-order chi connectivity index (χ1) is 12.1. The minimum atomic E-state index is -0.234. The number of carbonyl (C=O) groups is 1. The van der Waals surface area contributed by atoms with Crippen LogP contribution in [0.1, 0.15) is 11.1 Å². The zero-order chi connectivity index (χ0) is 18.2. The first kappa shape index (κ1) is 18.4. The fraction of sp³-hybridized carbons (Fsp3) is 0.316. The van der Waals surface area contributed by atoms with Gasteiger partial charge in [0.1, 0.15) is 0 Å². The maximum Gasteiger partial charge on any atom is 0.319 e. The van der Waals surface area contributed by atoms with E-state index in [4.69, 9.17) is 14.2 Å².